The van der Waals surface area contributed by atoms with Gasteiger partial charge in [-0.15, -0.1) is 0 Å². The predicted octanol–water partition coefficient (Wildman–Crippen LogP) is 9.97. The van der Waals surface area contributed by atoms with Crippen molar-refractivity contribution in [3.8, 4) is 0 Å². The maximum Gasteiger partial charge on any atom is 0.473 e. The Hall–Kier alpha value is -3.09. The normalized spacial score (nSPS) is 16.7. The topological polar surface area (TPSA) is 173 Å². The zero-order chi connectivity index (χ0) is 38.0. The molecule has 12 nitrogen and oxygen atoms in total. The summed E-state index contributed by atoms with van der Waals surface area (Å²) in [5, 5.41) is 5.26. The first-order valence-electron chi connectivity index (χ1n) is 19.2. The molecule has 14 heteroatoms. The summed E-state index contributed by atoms with van der Waals surface area (Å²) < 4.78 is 45.6. The van der Waals surface area contributed by atoms with E-state index in [1.54, 1.807) is 6.92 Å². The van der Waals surface area contributed by atoms with Gasteiger partial charge in [-0.1, -0.05) is 103 Å². The first kappa shape index (κ1) is 43.3. The number of nitrogens with zero attached hydrogens (tertiary/aromatic N) is 2. The summed E-state index contributed by atoms with van der Waals surface area (Å²) in [6.45, 7) is 11.9. The Morgan fingerprint density at radius 1 is 1.13 bits per heavy atom. The van der Waals surface area contributed by atoms with Crippen molar-refractivity contribution < 1.29 is 32.4 Å². The number of phosphoric acid groups is 1. The van der Waals surface area contributed by atoms with Gasteiger partial charge in [-0.3, -0.25) is 14.4 Å². The van der Waals surface area contributed by atoms with Gasteiger partial charge in [0.2, 0.25) is 5.95 Å². The van der Waals surface area contributed by atoms with E-state index in [1.165, 1.54) is 96.4 Å². The van der Waals surface area contributed by atoms with Crippen LogP contribution in [0.3, 0.4) is 0 Å². The summed E-state index contributed by atoms with van der Waals surface area (Å²) in [5.74, 6) is -0.530. The molecule has 1 aromatic heterocycles. The molecule has 2 atom stereocenters. The van der Waals surface area contributed by atoms with Crippen LogP contribution in [0.15, 0.2) is 29.9 Å². The standard InChI is InChI=1S/C38H62FN6O6P/c1-6-9-10-11-12-13-14-15-16-17-18-19-20-21-25-50-52(47,48)51-38(4,5)35(40)42-27-28(7-2)29-26-30-34(32(33(29)39)31-23-22-24-49-31)44-36(43-30)45-37(46)41-8-3/h7,26-27,31H,2,6,8-25H2,1,3-5H3,(H2,40,42)(H,47,48)(H3,41,43,44,45,46)/b28-27+/t31-/m1/s1. The minimum absolute atomic E-state index is 0.0853. The fraction of sp³-hybridized carbons (Fsp3) is 0.658. The molecule has 2 heterocycles. The Labute approximate surface area is 309 Å². The summed E-state index contributed by atoms with van der Waals surface area (Å²) in [6, 6.07) is 1.08. The number of unbranched alkanes of at least 4 members (excludes halogenated alkanes) is 13. The van der Waals surface area contributed by atoms with E-state index in [9.17, 15) is 14.3 Å². The molecule has 1 saturated heterocycles. The van der Waals surface area contributed by atoms with E-state index in [-0.39, 0.29) is 35.1 Å². The Kier molecular flexibility index (Phi) is 18.5. The summed E-state index contributed by atoms with van der Waals surface area (Å²) in [4.78, 5) is 34.3. The van der Waals surface area contributed by atoms with Crippen molar-refractivity contribution in [1.29, 1.82) is 0 Å². The number of fused-ring (bicyclic) bond motifs is 1. The number of hydrogen-bond acceptors (Lipinski definition) is 7. The number of H-pyrrole nitrogens is 1. The third-order valence-corrected chi connectivity index (χ3v) is 10.4. The minimum Gasteiger partial charge on any atom is -0.385 e. The van der Waals surface area contributed by atoms with Crippen LogP contribution in [-0.2, 0) is 18.3 Å². The number of rotatable bonds is 25. The van der Waals surface area contributed by atoms with Crippen LogP contribution in [0.1, 0.15) is 148 Å². The molecule has 1 aliphatic heterocycles. The number of aromatic nitrogens is 2. The number of carbonyl (C=O) groups excluding carboxylic acids is 1. The van der Waals surface area contributed by atoms with Gasteiger partial charge >= 0.3 is 13.9 Å². The number of phosphoric ester groups is 1. The molecular formula is C38H62FN6O6P. The lowest BCUT2D eigenvalue weighted by molar-refractivity contribution is 0.0896. The van der Waals surface area contributed by atoms with E-state index in [2.05, 4.69) is 39.1 Å². The molecule has 1 fully saturated rings. The number of aliphatic imine (C=N–C) groups is 1. The summed E-state index contributed by atoms with van der Waals surface area (Å²) >= 11 is 0. The van der Waals surface area contributed by atoms with E-state index in [1.807, 2.05) is 0 Å². The van der Waals surface area contributed by atoms with Crippen LogP contribution in [0.2, 0.25) is 0 Å². The van der Waals surface area contributed by atoms with Crippen LogP contribution in [-0.4, -0.2) is 52.1 Å². The monoisotopic (exact) mass is 748 g/mol. The number of allylic oxidation sites excluding steroid dienone is 2. The van der Waals surface area contributed by atoms with Gasteiger partial charge in [0.1, 0.15) is 17.3 Å². The average molecular weight is 749 g/mol. The van der Waals surface area contributed by atoms with Crippen molar-refractivity contribution in [2.24, 2.45) is 10.7 Å². The number of carbonyl (C=O) groups is 1. The van der Waals surface area contributed by atoms with Gasteiger partial charge in [0.05, 0.1) is 23.7 Å². The zero-order valence-corrected chi connectivity index (χ0v) is 32.6. The van der Waals surface area contributed by atoms with E-state index >= 15 is 4.39 Å². The first-order chi connectivity index (χ1) is 24.9. The lowest BCUT2D eigenvalue weighted by atomic mass is 9.97. The second-order valence-corrected chi connectivity index (χ2v) is 15.3. The predicted molar refractivity (Wildman–Crippen MR) is 208 cm³/mol. The first-order valence-corrected chi connectivity index (χ1v) is 20.6. The number of urea groups is 1. The van der Waals surface area contributed by atoms with Gasteiger partial charge in [0.15, 0.2) is 0 Å². The number of nitrogens with one attached hydrogen (secondary N) is 3. The van der Waals surface area contributed by atoms with E-state index < -0.39 is 31.4 Å². The number of imidazole rings is 1. The van der Waals surface area contributed by atoms with Crippen LogP contribution >= 0.6 is 7.82 Å². The van der Waals surface area contributed by atoms with Crippen molar-refractivity contribution in [1.82, 2.24) is 15.3 Å². The van der Waals surface area contributed by atoms with E-state index in [0.717, 1.165) is 25.7 Å². The Bertz CT molecular complexity index is 1540. The van der Waals surface area contributed by atoms with Gasteiger partial charge in [0.25, 0.3) is 0 Å². The lowest BCUT2D eigenvalue weighted by Gasteiger charge is -2.26. The third-order valence-electron chi connectivity index (χ3n) is 9.16. The van der Waals surface area contributed by atoms with E-state index in [0.29, 0.717) is 37.0 Å². The Morgan fingerprint density at radius 3 is 2.31 bits per heavy atom. The maximum atomic E-state index is 16.3. The zero-order valence-electron chi connectivity index (χ0n) is 31.7. The smallest absolute Gasteiger partial charge is 0.385 e. The van der Waals surface area contributed by atoms with Gasteiger partial charge in [-0.25, -0.2) is 23.7 Å². The van der Waals surface area contributed by atoms with Crippen molar-refractivity contribution in [3.63, 3.8) is 0 Å². The second kappa shape index (κ2) is 22.2. The minimum atomic E-state index is -4.46. The number of nitrogens with two attached hydrogens (primary N) is 1. The van der Waals surface area contributed by atoms with Crippen molar-refractivity contribution in [2.75, 3.05) is 25.1 Å². The van der Waals surface area contributed by atoms with Crippen molar-refractivity contribution in [3.05, 3.63) is 41.9 Å². The fourth-order valence-electron chi connectivity index (χ4n) is 6.21. The Balaban J connectivity index is 1.56. The number of amides is 2. The van der Waals surface area contributed by atoms with Crippen LogP contribution in [0, 0.1) is 5.82 Å². The number of halogens is 1. The molecule has 1 aliphatic rings. The Morgan fingerprint density at radius 2 is 1.75 bits per heavy atom. The molecule has 52 heavy (non-hydrogen) atoms. The van der Waals surface area contributed by atoms with Crippen molar-refractivity contribution in [2.45, 2.75) is 142 Å². The largest absolute Gasteiger partial charge is 0.473 e. The molecule has 0 spiro atoms. The molecule has 0 saturated carbocycles. The number of hydrogen-bond donors (Lipinski definition) is 5. The SMILES string of the molecule is C=C/C(=C\N=C(/N)C(C)(C)OP(=O)(O)OCCCCCCCCCCCCCCCC)c1cc2nc(NC(=O)NCC)[nH]c2c([C@H]2CCCO2)c1F. The molecule has 0 bridgehead atoms. The lowest BCUT2D eigenvalue weighted by Crippen LogP contribution is -2.40. The molecule has 1 aromatic carbocycles. The number of aromatic amines is 1. The van der Waals surface area contributed by atoms with Gasteiger partial charge in [-0.05, 0) is 46.1 Å². The van der Waals surface area contributed by atoms with Crippen molar-refractivity contribution >= 4 is 42.2 Å². The highest BCUT2D eigenvalue weighted by molar-refractivity contribution is 7.47. The molecular weight excluding hydrogens is 686 g/mol. The number of amidine groups is 1. The van der Waals surface area contributed by atoms with Gasteiger partial charge in [0, 0.05) is 36.1 Å². The second-order valence-electron chi connectivity index (χ2n) is 13.9. The molecule has 6 N–H and O–H groups in total. The van der Waals surface area contributed by atoms with Crippen LogP contribution in [0.4, 0.5) is 15.1 Å². The highest BCUT2D eigenvalue weighted by Crippen LogP contribution is 2.47. The summed E-state index contributed by atoms with van der Waals surface area (Å²) in [7, 11) is -4.46. The molecule has 292 valence electrons. The van der Waals surface area contributed by atoms with Crippen LogP contribution in [0.5, 0.6) is 0 Å². The van der Waals surface area contributed by atoms with Gasteiger partial charge in [-0.2, -0.15) is 0 Å². The van der Waals surface area contributed by atoms with Crippen LogP contribution < -0.4 is 16.4 Å². The molecule has 0 radical (unpaired) electrons. The molecule has 1 unspecified atom stereocenters. The quantitative estimate of drug-likeness (QED) is 0.0219. The number of ether oxygens (including phenoxy) is 1. The third kappa shape index (κ3) is 14.0. The molecule has 2 amide bonds. The van der Waals surface area contributed by atoms with Gasteiger partial charge < -0.3 is 25.7 Å². The summed E-state index contributed by atoms with van der Waals surface area (Å²) in [5.41, 5.74) is 6.27. The maximum absolute atomic E-state index is 16.3. The number of benzene rings is 1. The highest BCUT2D eigenvalue weighted by Gasteiger charge is 2.35. The highest BCUT2D eigenvalue weighted by atomic mass is 31.2. The average Bonchev–Trinajstić information content (AvgIpc) is 3.76. The molecule has 0 aliphatic carbocycles. The number of anilines is 1. The van der Waals surface area contributed by atoms with Crippen LogP contribution in [0.25, 0.3) is 16.6 Å². The molecule has 2 aromatic rings. The summed E-state index contributed by atoms with van der Waals surface area (Å²) in [6.07, 6.45) is 20.5. The van der Waals surface area contributed by atoms with E-state index in [4.69, 9.17) is 19.5 Å². The molecule has 3 rings (SSSR count). The fourth-order valence-corrected chi connectivity index (χ4v) is 7.29.